The van der Waals surface area contributed by atoms with Crippen LogP contribution >= 0.6 is 0 Å². The van der Waals surface area contributed by atoms with Crippen molar-refractivity contribution in [3.05, 3.63) is 23.8 Å². The zero-order chi connectivity index (χ0) is 14.7. The summed E-state index contributed by atoms with van der Waals surface area (Å²) < 4.78 is 16.3. The van der Waals surface area contributed by atoms with E-state index in [1.165, 1.54) is 0 Å². The number of anilines is 1. The average Bonchev–Trinajstić information content (AvgIpc) is 2.37. The van der Waals surface area contributed by atoms with Gasteiger partial charge < -0.3 is 19.9 Å². The van der Waals surface area contributed by atoms with Crippen molar-refractivity contribution in [3.63, 3.8) is 0 Å². The summed E-state index contributed by atoms with van der Waals surface area (Å²) in [5.41, 5.74) is 6.56. The van der Waals surface area contributed by atoms with Gasteiger partial charge in [-0.2, -0.15) is 0 Å². The molecule has 1 aromatic rings. The fourth-order valence-corrected chi connectivity index (χ4v) is 2.49. The number of carbonyl (C=O) groups excluding carboxylic acids is 1. The molecule has 2 N–H and O–H groups in total. The molecule has 2 atom stereocenters. The van der Waals surface area contributed by atoms with E-state index in [1.54, 1.807) is 25.3 Å². The second-order valence-electron chi connectivity index (χ2n) is 5.21. The van der Waals surface area contributed by atoms with Crippen LogP contribution in [0.2, 0.25) is 0 Å². The molecule has 1 saturated heterocycles. The standard InChI is InChI=1S/C15H21NO4/c1-9-6-12(7-10(2)19-9)20-15(17)13-8-11(18-3)4-5-14(13)16/h4-5,8-10,12H,6-7,16H2,1-3H3. The predicted octanol–water partition coefficient (Wildman–Crippen LogP) is 2.39. The Hall–Kier alpha value is -1.75. The second kappa shape index (κ2) is 6.13. The third-order valence-corrected chi connectivity index (χ3v) is 3.41. The maximum absolute atomic E-state index is 12.2. The van der Waals surface area contributed by atoms with Gasteiger partial charge in [0.05, 0.1) is 24.9 Å². The molecule has 0 spiro atoms. The van der Waals surface area contributed by atoms with Gasteiger partial charge in [0.1, 0.15) is 11.9 Å². The normalized spacial score (nSPS) is 26.1. The van der Waals surface area contributed by atoms with Crippen molar-refractivity contribution in [2.24, 2.45) is 0 Å². The van der Waals surface area contributed by atoms with Gasteiger partial charge in [0.25, 0.3) is 0 Å². The number of hydrogen-bond donors (Lipinski definition) is 1. The van der Waals surface area contributed by atoms with Gasteiger partial charge in [-0.3, -0.25) is 0 Å². The summed E-state index contributed by atoms with van der Waals surface area (Å²) >= 11 is 0. The Kier molecular flexibility index (Phi) is 4.49. The number of nitrogen functional groups attached to an aromatic ring is 1. The van der Waals surface area contributed by atoms with E-state index in [0.29, 0.717) is 29.8 Å². The molecule has 0 aromatic heterocycles. The van der Waals surface area contributed by atoms with Crippen LogP contribution in [-0.2, 0) is 9.47 Å². The molecule has 5 nitrogen and oxygen atoms in total. The molecular weight excluding hydrogens is 258 g/mol. The molecule has 20 heavy (non-hydrogen) atoms. The Morgan fingerprint density at radius 3 is 2.55 bits per heavy atom. The molecule has 110 valence electrons. The summed E-state index contributed by atoms with van der Waals surface area (Å²) in [6, 6.07) is 4.96. The van der Waals surface area contributed by atoms with Crippen molar-refractivity contribution >= 4 is 11.7 Å². The highest BCUT2D eigenvalue weighted by molar-refractivity contribution is 5.95. The van der Waals surface area contributed by atoms with Crippen LogP contribution in [0.25, 0.3) is 0 Å². The van der Waals surface area contributed by atoms with E-state index in [4.69, 9.17) is 19.9 Å². The van der Waals surface area contributed by atoms with Crippen molar-refractivity contribution in [3.8, 4) is 5.75 Å². The number of benzene rings is 1. The highest BCUT2D eigenvalue weighted by Crippen LogP contribution is 2.25. The molecule has 1 fully saturated rings. The van der Waals surface area contributed by atoms with Crippen LogP contribution in [-0.4, -0.2) is 31.4 Å². The summed E-state index contributed by atoms with van der Waals surface area (Å²) in [4.78, 5) is 12.2. The second-order valence-corrected chi connectivity index (χ2v) is 5.21. The van der Waals surface area contributed by atoms with E-state index >= 15 is 0 Å². The minimum absolute atomic E-state index is 0.0965. The average molecular weight is 279 g/mol. The lowest BCUT2D eigenvalue weighted by Gasteiger charge is -2.31. The van der Waals surface area contributed by atoms with Crippen LogP contribution < -0.4 is 10.5 Å². The molecule has 2 rings (SSSR count). The van der Waals surface area contributed by atoms with E-state index in [1.807, 2.05) is 13.8 Å². The Bertz CT molecular complexity index is 479. The third kappa shape index (κ3) is 3.42. The minimum atomic E-state index is -0.410. The van der Waals surface area contributed by atoms with Gasteiger partial charge in [-0.05, 0) is 32.0 Å². The minimum Gasteiger partial charge on any atom is -0.497 e. The van der Waals surface area contributed by atoms with Gasteiger partial charge in [0, 0.05) is 18.5 Å². The molecule has 1 heterocycles. The topological polar surface area (TPSA) is 70.8 Å². The molecule has 2 unspecified atom stereocenters. The molecule has 1 aromatic carbocycles. The molecule has 0 amide bonds. The number of carbonyl (C=O) groups is 1. The summed E-state index contributed by atoms with van der Waals surface area (Å²) in [7, 11) is 1.54. The van der Waals surface area contributed by atoms with E-state index in [-0.39, 0.29) is 18.3 Å². The van der Waals surface area contributed by atoms with Crippen LogP contribution in [0.5, 0.6) is 5.75 Å². The number of hydrogen-bond acceptors (Lipinski definition) is 5. The molecule has 1 aliphatic heterocycles. The van der Waals surface area contributed by atoms with E-state index in [0.717, 1.165) is 0 Å². The first kappa shape index (κ1) is 14.7. The van der Waals surface area contributed by atoms with E-state index in [2.05, 4.69) is 0 Å². The van der Waals surface area contributed by atoms with Crippen LogP contribution in [0.1, 0.15) is 37.0 Å². The first-order valence-corrected chi connectivity index (χ1v) is 6.79. The zero-order valence-electron chi connectivity index (χ0n) is 12.1. The van der Waals surface area contributed by atoms with Gasteiger partial charge in [-0.15, -0.1) is 0 Å². The SMILES string of the molecule is COc1ccc(N)c(C(=O)OC2CC(C)OC(C)C2)c1. The van der Waals surface area contributed by atoms with Crippen LogP contribution in [0.15, 0.2) is 18.2 Å². The number of methoxy groups -OCH3 is 1. The van der Waals surface area contributed by atoms with Crippen molar-refractivity contribution in [1.29, 1.82) is 0 Å². The lowest BCUT2D eigenvalue weighted by atomic mass is 10.0. The fraction of sp³-hybridized carbons (Fsp3) is 0.533. The van der Waals surface area contributed by atoms with Crippen LogP contribution in [0.3, 0.4) is 0 Å². The lowest BCUT2D eigenvalue weighted by Crippen LogP contribution is -2.35. The quantitative estimate of drug-likeness (QED) is 0.679. The largest absolute Gasteiger partial charge is 0.497 e. The molecule has 5 heteroatoms. The molecule has 0 aliphatic carbocycles. The summed E-state index contributed by atoms with van der Waals surface area (Å²) in [6.45, 7) is 3.97. The van der Waals surface area contributed by atoms with Gasteiger partial charge in [-0.1, -0.05) is 0 Å². The Morgan fingerprint density at radius 1 is 1.30 bits per heavy atom. The van der Waals surface area contributed by atoms with Crippen LogP contribution in [0, 0.1) is 0 Å². The Labute approximate surface area is 119 Å². The number of rotatable bonds is 3. The monoisotopic (exact) mass is 279 g/mol. The molecular formula is C15H21NO4. The Morgan fingerprint density at radius 2 is 1.95 bits per heavy atom. The number of esters is 1. The Balaban J connectivity index is 2.08. The zero-order valence-corrected chi connectivity index (χ0v) is 12.1. The highest BCUT2D eigenvalue weighted by atomic mass is 16.6. The van der Waals surface area contributed by atoms with Crippen molar-refractivity contribution in [2.75, 3.05) is 12.8 Å². The maximum atomic E-state index is 12.2. The summed E-state index contributed by atoms with van der Waals surface area (Å²) in [5.74, 6) is 0.174. The third-order valence-electron chi connectivity index (χ3n) is 3.41. The smallest absolute Gasteiger partial charge is 0.340 e. The first-order valence-electron chi connectivity index (χ1n) is 6.79. The van der Waals surface area contributed by atoms with Crippen molar-refractivity contribution < 1.29 is 19.0 Å². The summed E-state index contributed by atoms with van der Waals surface area (Å²) in [5, 5.41) is 0. The van der Waals surface area contributed by atoms with Crippen molar-refractivity contribution in [1.82, 2.24) is 0 Å². The molecule has 0 saturated carbocycles. The van der Waals surface area contributed by atoms with Gasteiger partial charge in [0.2, 0.25) is 0 Å². The molecule has 0 bridgehead atoms. The summed E-state index contributed by atoms with van der Waals surface area (Å²) in [6.07, 6.45) is 1.48. The highest BCUT2D eigenvalue weighted by Gasteiger charge is 2.28. The lowest BCUT2D eigenvalue weighted by molar-refractivity contribution is -0.0855. The molecule has 0 radical (unpaired) electrons. The maximum Gasteiger partial charge on any atom is 0.340 e. The van der Waals surface area contributed by atoms with Crippen LogP contribution in [0.4, 0.5) is 5.69 Å². The van der Waals surface area contributed by atoms with E-state index in [9.17, 15) is 4.79 Å². The van der Waals surface area contributed by atoms with Gasteiger partial charge in [-0.25, -0.2) is 4.79 Å². The van der Waals surface area contributed by atoms with Gasteiger partial charge >= 0.3 is 5.97 Å². The first-order chi connectivity index (χ1) is 9.49. The number of nitrogens with two attached hydrogens (primary N) is 1. The van der Waals surface area contributed by atoms with Crippen molar-refractivity contribution in [2.45, 2.75) is 45.0 Å². The number of ether oxygens (including phenoxy) is 3. The molecule has 1 aliphatic rings. The fourth-order valence-electron chi connectivity index (χ4n) is 2.49. The van der Waals surface area contributed by atoms with E-state index < -0.39 is 5.97 Å². The van der Waals surface area contributed by atoms with Gasteiger partial charge in [0.15, 0.2) is 0 Å². The predicted molar refractivity (Wildman–Crippen MR) is 75.9 cm³/mol.